The standard InChI is InChI=1S/C18H39N/c1-16(2)12-10-8-7-9-11-13-18(5)14-15-19(6)17(3)4/h16-18H,7-15H2,1-6H3. The Hall–Kier alpha value is -0.0400. The molecule has 0 N–H and O–H groups in total. The first kappa shape index (κ1) is 19.0. The zero-order valence-corrected chi connectivity index (χ0v) is 14.5. The molecule has 19 heavy (non-hydrogen) atoms. The van der Waals surface area contributed by atoms with Gasteiger partial charge in [-0.25, -0.2) is 0 Å². The van der Waals surface area contributed by atoms with Crippen LogP contribution >= 0.6 is 0 Å². The van der Waals surface area contributed by atoms with E-state index in [2.05, 4.69) is 46.6 Å². The average molecular weight is 270 g/mol. The first-order valence-electron chi connectivity index (χ1n) is 8.63. The normalized spacial score (nSPS) is 13.7. The van der Waals surface area contributed by atoms with Gasteiger partial charge >= 0.3 is 0 Å². The Balaban J connectivity index is 3.31. The third-order valence-corrected chi connectivity index (χ3v) is 4.33. The summed E-state index contributed by atoms with van der Waals surface area (Å²) in [6, 6.07) is 0.688. The lowest BCUT2D eigenvalue weighted by Crippen LogP contribution is -2.28. The lowest BCUT2D eigenvalue weighted by molar-refractivity contribution is 0.250. The molecular formula is C18H39N. The first-order chi connectivity index (χ1) is 8.93. The molecule has 0 amide bonds. The van der Waals surface area contributed by atoms with Crippen LogP contribution in [0, 0.1) is 11.8 Å². The van der Waals surface area contributed by atoms with E-state index in [1.807, 2.05) is 0 Å². The predicted molar refractivity (Wildman–Crippen MR) is 88.7 cm³/mol. The monoisotopic (exact) mass is 269 g/mol. The zero-order chi connectivity index (χ0) is 14.7. The van der Waals surface area contributed by atoms with Gasteiger partial charge in [-0.05, 0) is 45.7 Å². The highest BCUT2D eigenvalue weighted by atomic mass is 15.1. The summed E-state index contributed by atoms with van der Waals surface area (Å²) >= 11 is 0. The fraction of sp³-hybridized carbons (Fsp3) is 1.00. The average Bonchev–Trinajstić information content (AvgIpc) is 2.34. The molecule has 1 heteroatoms. The van der Waals surface area contributed by atoms with Gasteiger partial charge in [0.05, 0.1) is 0 Å². The van der Waals surface area contributed by atoms with Gasteiger partial charge in [-0.1, -0.05) is 65.7 Å². The Morgan fingerprint density at radius 1 is 0.684 bits per heavy atom. The molecule has 0 radical (unpaired) electrons. The van der Waals surface area contributed by atoms with Crippen LogP contribution in [0.1, 0.15) is 86.0 Å². The molecule has 0 heterocycles. The van der Waals surface area contributed by atoms with Crippen molar-refractivity contribution in [3.8, 4) is 0 Å². The molecule has 0 spiro atoms. The van der Waals surface area contributed by atoms with E-state index < -0.39 is 0 Å². The van der Waals surface area contributed by atoms with Crippen LogP contribution in [0.3, 0.4) is 0 Å². The van der Waals surface area contributed by atoms with E-state index in [4.69, 9.17) is 0 Å². The molecule has 0 aromatic rings. The van der Waals surface area contributed by atoms with Crippen molar-refractivity contribution < 1.29 is 0 Å². The minimum atomic E-state index is 0.688. The lowest BCUT2D eigenvalue weighted by atomic mass is 9.98. The number of hydrogen-bond acceptors (Lipinski definition) is 1. The molecule has 0 fully saturated rings. The second-order valence-electron chi connectivity index (χ2n) is 7.21. The molecule has 1 unspecified atom stereocenters. The molecule has 1 nitrogen and oxygen atoms in total. The number of rotatable bonds is 12. The third-order valence-electron chi connectivity index (χ3n) is 4.33. The summed E-state index contributed by atoms with van der Waals surface area (Å²) in [7, 11) is 2.24. The summed E-state index contributed by atoms with van der Waals surface area (Å²) in [5.74, 6) is 1.79. The van der Waals surface area contributed by atoms with Crippen molar-refractivity contribution in [1.82, 2.24) is 4.90 Å². The van der Waals surface area contributed by atoms with Gasteiger partial charge in [0.1, 0.15) is 0 Å². The Bertz CT molecular complexity index is 186. The van der Waals surface area contributed by atoms with Crippen LogP contribution in [-0.4, -0.2) is 24.5 Å². The van der Waals surface area contributed by atoms with E-state index in [0.717, 1.165) is 11.8 Å². The van der Waals surface area contributed by atoms with Crippen LogP contribution in [0.5, 0.6) is 0 Å². The molecule has 0 saturated carbocycles. The van der Waals surface area contributed by atoms with Gasteiger partial charge in [-0.15, -0.1) is 0 Å². The molecule has 116 valence electrons. The van der Waals surface area contributed by atoms with Crippen LogP contribution in [0.15, 0.2) is 0 Å². The van der Waals surface area contributed by atoms with E-state index in [9.17, 15) is 0 Å². The second kappa shape index (κ2) is 11.8. The van der Waals surface area contributed by atoms with E-state index in [0.29, 0.717) is 6.04 Å². The van der Waals surface area contributed by atoms with Gasteiger partial charge in [-0.2, -0.15) is 0 Å². The fourth-order valence-corrected chi connectivity index (χ4v) is 2.40. The van der Waals surface area contributed by atoms with Gasteiger partial charge < -0.3 is 4.90 Å². The largest absolute Gasteiger partial charge is 0.304 e. The summed E-state index contributed by atoms with van der Waals surface area (Å²) in [6.45, 7) is 12.9. The van der Waals surface area contributed by atoms with Gasteiger partial charge in [0.25, 0.3) is 0 Å². The maximum atomic E-state index is 2.46. The molecule has 1 atom stereocenters. The molecule has 0 saturated heterocycles. The van der Waals surface area contributed by atoms with Gasteiger partial charge in [-0.3, -0.25) is 0 Å². The van der Waals surface area contributed by atoms with Gasteiger partial charge in [0.15, 0.2) is 0 Å². The Morgan fingerprint density at radius 2 is 1.21 bits per heavy atom. The molecule has 0 aromatic carbocycles. The third kappa shape index (κ3) is 12.7. The lowest BCUT2D eigenvalue weighted by Gasteiger charge is -2.22. The molecule has 0 aromatic heterocycles. The zero-order valence-electron chi connectivity index (χ0n) is 14.5. The minimum Gasteiger partial charge on any atom is -0.304 e. The Kier molecular flexibility index (Phi) is 11.7. The SMILES string of the molecule is CC(C)CCCCCCCC(C)CCN(C)C(C)C. The van der Waals surface area contributed by atoms with Crippen molar-refractivity contribution in [1.29, 1.82) is 0 Å². The van der Waals surface area contributed by atoms with Crippen LogP contribution in [0.25, 0.3) is 0 Å². The molecular weight excluding hydrogens is 230 g/mol. The molecule has 0 aliphatic rings. The fourth-order valence-electron chi connectivity index (χ4n) is 2.40. The van der Waals surface area contributed by atoms with Gasteiger partial charge in [0.2, 0.25) is 0 Å². The summed E-state index contributed by atoms with van der Waals surface area (Å²) in [6.07, 6.45) is 11.4. The quantitative estimate of drug-likeness (QED) is 0.408. The molecule has 0 aliphatic heterocycles. The minimum absolute atomic E-state index is 0.688. The summed E-state index contributed by atoms with van der Waals surface area (Å²) in [5.41, 5.74) is 0. The Labute approximate surface area is 123 Å². The van der Waals surface area contributed by atoms with Crippen LogP contribution < -0.4 is 0 Å². The number of nitrogens with zero attached hydrogens (tertiary/aromatic N) is 1. The highest BCUT2D eigenvalue weighted by molar-refractivity contribution is 4.61. The maximum absolute atomic E-state index is 2.46. The summed E-state index contributed by atoms with van der Waals surface area (Å²) in [5, 5.41) is 0. The van der Waals surface area contributed by atoms with E-state index >= 15 is 0 Å². The Morgan fingerprint density at radius 3 is 1.74 bits per heavy atom. The topological polar surface area (TPSA) is 3.24 Å². The second-order valence-corrected chi connectivity index (χ2v) is 7.21. The van der Waals surface area contributed by atoms with Gasteiger partial charge in [0, 0.05) is 6.04 Å². The van der Waals surface area contributed by atoms with Crippen molar-refractivity contribution in [2.75, 3.05) is 13.6 Å². The summed E-state index contributed by atoms with van der Waals surface area (Å²) in [4.78, 5) is 2.46. The molecule has 0 bridgehead atoms. The van der Waals surface area contributed by atoms with E-state index in [-0.39, 0.29) is 0 Å². The predicted octanol–water partition coefficient (Wildman–Crippen LogP) is 5.74. The van der Waals surface area contributed by atoms with Crippen molar-refractivity contribution in [3.05, 3.63) is 0 Å². The van der Waals surface area contributed by atoms with Crippen LogP contribution in [0.4, 0.5) is 0 Å². The van der Waals surface area contributed by atoms with Crippen LogP contribution in [-0.2, 0) is 0 Å². The maximum Gasteiger partial charge on any atom is 0.00355 e. The van der Waals surface area contributed by atoms with Crippen molar-refractivity contribution in [2.45, 2.75) is 92.0 Å². The van der Waals surface area contributed by atoms with Crippen molar-refractivity contribution in [3.63, 3.8) is 0 Å². The number of hydrogen-bond donors (Lipinski definition) is 0. The molecule has 0 rings (SSSR count). The highest BCUT2D eigenvalue weighted by Gasteiger charge is 2.06. The van der Waals surface area contributed by atoms with Crippen LogP contribution in [0.2, 0.25) is 0 Å². The smallest absolute Gasteiger partial charge is 0.00355 e. The van der Waals surface area contributed by atoms with E-state index in [1.54, 1.807) is 0 Å². The molecule has 0 aliphatic carbocycles. The number of unbranched alkanes of at least 4 members (excludes halogenated alkanes) is 4. The van der Waals surface area contributed by atoms with E-state index in [1.165, 1.54) is 57.9 Å². The van der Waals surface area contributed by atoms with Crippen molar-refractivity contribution in [2.24, 2.45) is 11.8 Å². The highest BCUT2D eigenvalue weighted by Crippen LogP contribution is 2.16. The van der Waals surface area contributed by atoms with Crippen molar-refractivity contribution >= 4 is 0 Å². The summed E-state index contributed by atoms with van der Waals surface area (Å²) < 4.78 is 0. The first-order valence-corrected chi connectivity index (χ1v) is 8.63.